The van der Waals surface area contributed by atoms with Crippen LogP contribution in [0.3, 0.4) is 0 Å². The lowest BCUT2D eigenvalue weighted by Crippen LogP contribution is -2.40. The predicted molar refractivity (Wildman–Crippen MR) is 152 cm³/mol. The number of morpholine rings is 1. The van der Waals surface area contributed by atoms with Gasteiger partial charge in [0.15, 0.2) is 6.61 Å². The lowest BCUT2D eigenvalue weighted by molar-refractivity contribution is -0.147. The van der Waals surface area contributed by atoms with Gasteiger partial charge in [0.1, 0.15) is 17.3 Å². The summed E-state index contributed by atoms with van der Waals surface area (Å²) in [6.07, 6.45) is 2.14. The molecule has 1 aromatic heterocycles. The third-order valence-electron chi connectivity index (χ3n) is 6.69. The molecule has 0 saturated carbocycles. The summed E-state index contributed by atoms with van der Waals surface area (Å²) in [5.74, 6) is 0.618. The van der Waals surface area contributed by atoms with Crippen molar-refractivity contribution in [3.8, 4) is 11.5 Å². The van der Waals surface area contributed by atoms with E-state index in [1.165, 1.54) is 18.5 Å². The number of carbonyl (C=O) groups is 2. The van der Waals surface area contributed by atoms with E-state index in [4.69, 9.17) is 18.9 Å². The van der Waals surface area contributed by atoms with Gasteiger partial charge in [-0.3, -0.25) is 9.59 Å². The van der Waals surface area contributed by atoms with Crippen LogP contribution in [0, 0.1) is 0 Å². The minimum atomic E-state index is -3.67. The molecule has 0 unspecified atom stereocenters. The number of sulfonamides is 1. The number of hydrogen-bond acceptors (Lipinski definition) is 9. The number of amides is 1. The highest BCUT2D eigenvalue weighted by Gasteiger charge is 2.27. The maximum Gasteiger partial charge on any atom is 0.306 e. The number of anilines is 1. The highest BCUT2D eigenvalue weighted by atomic mass is 32.2. The van der Waals surface area contributed by atoms with Gasteiger partial charge in [-0.1, -0.05) is 13.3 Å². The number of imidazole rings is 1. The van der Waals surface area contributed by atoms with Crippen LogP contribution in [0.25, 0.3) is 11.0 Å². The van der Waals surface area contributed by atoms with Gasteiger partial charge in [0, 0.05) is 49.9 Å². The molecule has 0 bridgehead atoms. The monoisotopic (exact) mass is 588 g/mol. The molecule has 41 heavy (non-hydrogen) atoms. The van der Waals surface area contributed by atoms with Crippen LogP contribution < -0.4 is 14.8 Å². The van der Waals surface area contributed by atoms with Gasteiger partial charge in [0.2, 0.25) is 10.0 Å². The van der Waals surface area contributed by atoms with Crippen LogP contribution in [-0.4, -0.2) is 81.3 Å². The van der Waals surface area contributed by atoms with E-state index >= 15 is 0 Å². The topological polar surface area (TPSA) is 138 Å². The molecular weight excluding hydrogens is 552 g/mol. The number of nitrogens with one attached hydrogen (secondary N) is 1. The molecule has 0 atom stereocenters. The Kier molecular flexibility index (Phi) is 10.2. The summed E-state index contributed by atoms with van der Waals surface area (Å²) in [7, 11) is -0.658. The Balaban J connectivity index is 1.41. The zero-order chi connectivity index (χ0) is 29.4. The molecule has 12 nitrogen and oxygen atoms in total. The summed E-state index contributed by atoms with van der Waals surface area (Å²) >= 11 is 0. The Hall–Kier alpha value is -3.68. The first-order valence-electron chi connectivity index (χ1n) is 13.5. The molecule has 2 heterocycles. The zero-order valence-corrected chi connectivity index (χ0v) is 24.4. The number of benzene rings is 2. The second-order valence-electron chi connectivity index (χ2n) is 9.51. The number of ether oxygens (including phenoxy) is 4. The standard InChI is InChI=1S/C28H36N4O8S/c1-4-5-10-32-25-7-6-23(41(35,36)31-11-13-39-14-12-31)18-24(25)30-26(32)8-9-28(34)40-19-27(33)29-20-15-21(37-2)17-22(16-20)38-3/h6-7,15-18H,4-5,8-14,19H2,1-3H3,(H,29,33). The third kappa shape index (κ3) is 7.54. The van der Waals surface area contributed by atoms with Crippen molar-refractivity contribution >= 4 is 38.6 Å². The minimum Gasteiger partial charge on any atom is -0.497 e. The first kappa shape index (κ1) is 30.3. The van der Waals surface area contributed by atoms with E-state index in [9.17, 15) is 18.0 Å². The van der Waals surface area contributed by atoms with Crippen LogP contribution in [-0.2, 0) is 42.1 Å². The number of aromatic nitrogens is 2. The quantitative estimate of drug-likeness (QED) is 0.299. The average molecular weight is 589 g/mol. The van der Waals surface area contributed by atoms with Crippen LogP contribution in [0.5, 0.6) is 11.5 Å². The van der Waals surface area contributed by atoms with Gasteiger partial charge < -0.3 is 28.8 Å². The number of fused-ring (bicyclic) bond motifs is 1. The van der Waals surface area contributed by atoms with Crippen molar-refractivity contribution in [2.24, 2.45) is 0 Å². The van der Waals surface area contributed by atoms with Gasteiger partial charge >= 0.3 is 5.97 Å². The van der Waals surface area contributed by atoms with Gasteiger partial charge in [-0.25, -0.2) is 13.4 Å². The molecule has 1 N–H and O–H groups in total. The van der Waals surface area contributed by atoms with Gasteiger partial charge in [-0.15, -0.1) is 0 Å². The number of methoxy groups -OCH3 is 2. The molecule has 4 rings (SSSR count). The molecule has 0 aliphatic carbocycles. The van der Waals surface area contributed by atoms with E-state index in [0.29, 0.717) is 61.4 Å². The Bertz CT molecular complexity index is 1460. The van der Waals surface area contributed by atoms with Crippen molar-refractivity contribution in [3.63, 3.8) is 0 Å². The fraction of sp³-hybridized carbons (Fsp3) is 0.464. The summed E-state index contributed by atoms with van der Waals surface area (Å²) in [5.41, 5.74) is 1.80. The fourth-order valence-corrected chi connectivity index (χ4v) is 5.95. The van der Waals surface area contributed by atoms with Crippen molar-refractivity contribution in [1.82, 2.24) is 13.9 Å². The molecule has 13 heteroatoms. The van der Waals surface area contributed by atoms with E-state index in [1.54, 1.807) is 36.4 Å². The van der Waals surface area contributed by atoms with E-state index in [0.717, 1.165) is 18.4 Å². The molecule has 2 aromatic carbocycles. The smallest absolute Gasteiger partial charge is 0.306 e. The number of hydrogen-bond donors (Lipinski definition) is 1. The van der Waals surface area contributed by atoms with Crippen LogP contribution in [0.1, 0.15) is 32.0 Å². The summed E-state index contributed by atoms with van der Waals surface area (Å²) in [6, 6.07) is 9.88. The molecule has 1 amide bonds. The van der Waals surface area contributed by atoms with E-state index in [1.807, 2.05) is 4.57 Å². The van der Waals surface area contributed by atoms with Crippen LogP contribution in [0.4, 0.5) is 5.69 Å². The highest BCUT2D eigenvalue weighted by Crippen LogP contribution is 2.26. The Labute approximate surface area is 239 Å². The molecule has 3 aromatic rings. The third-order valence-corrected chi connectivity index (χ3v) is 8.59. The molecule has 1 fully saturated rings. The largest absolute Gasteiger partial charge is 0.497 e. The SMILES string of the molecule is CCCCn1c(CCC(=O)OCC(=O)Nc2cc(OC)cc(OC)c2)nc2cc(S(=O)(=O)N3CCOCC3)ccc21. The van der Waals surface area contributed by atoms with Gasteiger partial charge in [-0.05, 0) is 24.6 Å². The van der Waals surface area contributed by atoms with Gasteiger partial charge in [0.05, 0.1) is 49.8 Å². The number of aryl methyl sites for hydroxylation is 2. The van der Waals surface area contributed by atoms with Crippen molar-refractivity contribution in [2.75, 3.05) is 52.4 Å². The van der Waals surface area contributed by atoms with Crippen molar-refractivity contribution < 1.29 is 37.0 Å². The number of esters is 1. The Morgan fingerprint density at radius 1 is 1.05 bits per heavy atom. The van der Waals surface area contributed by atoms with Gasteiger partial charge in [-0.2, -0.15) is 4.31 Å². The lowest BCUT2D eigenvalue weighted by atomic mass is 10.2. The minimum absolute atomic E-state index is 0.00857. The molecule has 1 aliphatic heterocycles. The molecule has 1 saturated heterocycles. The predicted octanol–water partition coefficient (Wildman–Crippen LogP) is 2.99. The second kappa shape index (κ2) is 13.8. The summed E-state index contributed by atoms with van der Waals surface area (Å²) in [4.78, 5) is 29.7. The summed E-state index contributed by atoms with van der Waals surface area (Å²) in [5, 5.41) is 2.66. The molecule has 1 aliphatic rings. The summed E-state index contributed by atoms with van der Waals surface area (Å²) < 4.78 is 50.6. The Morgan fingerprint density at radius 2 is 1.76 bits per heavy atom. The van der Waals surface area contributed by atoms with Crippen LogP contribution in [0.15, 0.2) is 41.3 Å². The Morgan fingerprint density at radius 3 is 2.41 bits per heavy atom. The first-order chi connectivity index (χ1) is 19.7. The highest BCUT2D eigenvalue weighted by molar-refractivity contribution is 7.89. The number of carbonyl (C=O) groups excluding carboxylic acids is 2. The van der Waals surface area contributed by atoms with Crippen LogP contribution in [0.2, 0.25) is 0 Å². The van der Waals surface area contributed by atoms with Crippen molar-refractivity contribution in [2.45, 2.75) is 44.0 Å². The molecular formula is C28H36N4O8S. The van der Waals surface area contributed by atoms with Crippen molar-refractivity contribution in [3.05, 3.63) is 42.2 Å². The molecule has 222 valence electrons. The molecule has 0 radical (unpaired) electrons. The van der Waals surface area contributed by atoms with E-state index in [-0.39, 0.29) is 17.7 Å². The van der Waals surface area contributed by atoms with Gasteiger partial charge in [0.25, 0.3) is 5.91 Å². The average Bonchev–Trinajstić information content (AvgIpc) is 3.34. The van der Waals surface area contributed by atoms with Crippen LogP contribution >= 0.6 is 0 Å². The number of nitrogens with zero attached hydrogens (tertiary/aromatic N) is 3. The summed E-state index contributed by atoms with van der Waals surface area (Å²) in [6.45, 7) is 3.66. The molecule has 0 spiro atoms. The second-order valence-corrected chi connectivity index (χ2v) is 11.4. The number of rotatable bonds is 13. The lowest BCUT2D eigenvalue weighted by Gasteiger charge is -2.26. The maximum absolute atomic E-state index is 13.1. The van der Waals surface area contributed by atoms with E-state index in [2.05, 4.69) is 17.2 Å². The maximum atomic E-state index is 13.1. The fourth-order valence-electron chi connectivity index (χ4n) is 4.52. The normalized spacial score (nSPS) is 14.1. The first-order valence-corrected chi connectivity index (χ1v) is 14.9. The zero-order valence-electron chi connectivity index (χ0n) is 23.6. The van der Waals surface area contributed by atoms with E-state index < -0.39 is 28.5 Å². The number of unbranched alkanes of at least 4 members (excludes halogenated alkanes) is 1. The van der Waals surface area contributed by atoms with Crippen molar-refractivity contribution in [1.29, 1.82) is 0 Å².